The van der Waals surface area contributed by atoms with Crippen molar-refractivity contribution < 1.29 is 0 Å². The first kappa shape index (κ1) is 9.16. The standard InChI is InChI=1S/C12H14N2/c1-9-8-10-4-2-3-5-12(10)14-11(9)6-7-13/h2-5,8H,6-7,13H2,1H3. The van der Waals surface area contributed by atoms with Gasteiger partial charge < -0.3 is 5.73 Å². The Hall–Kier alpha value is -1.41. The van der Waals surface area contributed by atoms with Gasteiger partial charge in [0.05, 0.1) is 5.52 Å². The number of hydrogen-bond acceptors (Lipinski definition) is 2. The Morgan fingerprint density at radius 3 is 2.86 bits per heavy atom. The van der Waals surface area contributed by atoms with Gasteiger partial charge in [0.1, 0.15) is 0 Å². The summed E-state index contributed by atoms with van der Waals surface area (Å²) in [7, 11) is 0. The molecule has 2 N–H and O–H groups in total. The van der Waals surface area contributed by atoms with E-state index in [0.717, 1.165) is 17.6 Å². The summed E-state index contributed by atoms with van der Waals surface area (Å²) in [6.45, 7) is 2.75. The molecule has 0 amide bonds. The van der Waals surface area contributed by atoms with Crippen LogP contribution in [0.2, 0.25) is 0 Å². The summed E-state index contributed by atoms with van der Waals surface area (Å²) in [5, 5.41) is 1.20. The van der Waals surface area contributed by atoms with Crippen LogP contribution < -0.4 is 5.73 Å². The summed E-state index contributed by atoms with van der Waals surface area (Å²) in [4.78, 5) is 4.58. The van der Waals surface area contributed by atoms with Gasteiger partial charge in [-0.3, -0.25) is 4.98 Å². The molecule has 2 heteroatoms. The molecule has 0 radical (unpaired) electrons. The number of fused-ring (bicyclic) bond motifs is 1. The van der Waals surface area contributed by atoms with Crippen LogP contribution in [0.5, 0.6) is 0 Å². The zero-order chi connectivity index (χ0) is 9.97. The number of para-hydroxylation sites is 1. The van der Waals surface area contributed by atoms with Gasteiger partial charge >= 0.3 is 0 Å². The van der Waals surface area contributed by atoms with E-state index in [1.54, 1.807) is 0 Å². The minimum atomic E-state index is 0.659. The van der Waals surface area contributed by atoms with Crippen molar-refractivity contribution in [1.29, 1.82) is 0 Å². The van der Waals surface area contributed by atoms with Crippen molar-refractivity contribution in [3.8, 4) is 0 Å². The first-order chi connectivity index (χ1) is 6.81. The minimum Gasteiger partial charge on any atom is -0.330 e. The lowest BCUT2D eigenvalue weighted by atomic mass is 10.1. The number of hydrogen-bond donors (Lipinski definition) is 1. The predicted molar refractivity (Wildman–Crippen MR) is 59.2 cm³/mol. The number of pyridine rings is 1. The van der Waals surface area contributed by atoms with E-state index in [2.05, 4.69) is 24.0 Å². The van der Waals surface area contributed by atoms with Crippen molar-refractivity contribution in [3.63, 3.8) is 0 Å². The van der Waals surface area contributed by atoms with E-state index in [-0.39, 0.29) is 0 Å². The van der Waals surface area contributed by atoms with Gasteiger partial charge in [-0.1, -0.05) is 18.2 Å². The third kappa shape index (κ3) is 1.61. The second kappa shape index (κ2) is 3.76. The van der Waals surface area contributed by atoms with Crippen molar-refractivity contribution in [3.05, 3.63) is 41.6 Å². The van der Waals surface area contributed by atoms with Crippen molar-refractivity contribution in [1.82, 2.24) is 4.98 Å². The summed E-state index contributed by atoms with van der Waals surface area (Å²) in [6.07, 6.45) is 0.858. The van der Waals surface area contributed by atoms with Crippen molar-refractivity contribution in [2.75, 3.05) is 6.54 Å². The summed E-state index contributed by atoms with van der Waals surface area (Å²) in [5.74, 6) is 0. The van der Waals surface area contributed by atoms with Crippen LogP contribution in [0.25, 0.3) is 10.9 Å². The molecule has 0 unspecified atom stereocenters. The van der Waals surface area contributed by atoms with Crippen molar-refractivity contribution >= 4 is 10.9 Å². The van der Waals surface area contributed by atoms with Gasteiger partial charge in [-0.25, -0.2) is 0 Å². The Morgan fingerprint density at radius 2 is 2.07 bits per heavy atom. The zero-order valence-electron chi connectivity index (χ0n) is 8.33. The van der Waals surface area contributed by atoms with Crippen LogP contribution >= 0.6 is 0 Å². The normalized spacial score (nSPS) is 10.7. The van der Waals surface area contributed by atoms with Crippen LogP contribution in [0.1, 0.15) is 11.3 Å². The first-order valence-corrected chi connectivity index (χ1v) is 4.86. The van der Waals surface area contributed by atoms with Crippen molar-refractivity contribution in [2.45, 2.75) is 13.3 Å². The van der Waals surface area contributed by atoms with E-state index in [4.69, 9.17) is 5.73 Å². The van der Waals surface area contributed by atoms with Crippen LogP contribution in [0.3, 0.4) is 0 Å². The van der Waals surface area contributed by atoms with Crippen LogP contribution in [-0.4, -0.2) is 11.5 Å². The molecule has 1 aromatic heterocycles. The second-order valence-electron chi connectivity index (χ2n) is 3.48. The Balaban J connectivity index is 2.59. The Labute approximate surface area is 83.8 Å². The van der Waals surface area contributed by atoms with Gasteiger partial charge in [-0.15, -0.1) is 0 Å². The molecule has 1 heterocycles. The molecular formula is C12H14N2. The van der Waals surface area contributed by atoms with E-state index in [1.165, 1.54) is 10.9 Å². The summed E-state index contributed by atoms with van der Waals surface area (Å²) in [5.41, 5.74) is 8.94. The average molecular weight is 186 g/mol. The first-order valence-electron chi connectivity index (χ1n) is 4.86. The molecule has 2 aromatic rings. The Kier molecular flexibility index (Phi) is 2.46. The predicted octanol–water partition coefficient (Wildman–Crippen LogP) is 2.04. The highest BCUT2D eigenvalue weighted by atomic mass is 14.7. The quantitative estimate of drug-likeness (QED) is 0.779. The number of benzene rings is 1. The molecule has 72 valence electrons. The topological polar surface area (TPSA) is 38.9 Å². The molecule has 0 spiro atoms. The van der Waals surface area contributed by atoms with E-state index < -0.39 is 0 Å². The van der Waals surface area contributed by atoms with Crippen LogP contribution in [0, 0.1) is 6.92 Å². The van der Waals surface area contributed by atoms with E-state index in [1.807, 2.05) is 18.2 Å². The SMILES string of the molecule is Cc1cc2ccccc2nc1CCN. The largest absolute Gasteiger partial charge is 0.330 e. The van der Waals surface area contributed by atoms with E-state index in [9.17, 15) is 0 Å². The lowest BCUT2D eigenvalue weighted by Crippen LogP contribution is -2.06. The summed E-state index contributed by atoms with van der Waals surface area (Å²) in [6, 6.07) is 10.3. The maximum atomic E-state index is 5.53. The zero-order valence-corrected chi connectivity index (χ0v) is 8.33. The van der Waals surface area contributed by atoms with Crippen molar-refractivity contribution in [2.24, 2.45) is 5.73 Å². The van der Waals surface area contributed by atoms with E-state index in [0.29, 0.717) is 6.54 Å². The van der Waals surface area contributed by atoms with Gasteiger partial charge in [0, 0.05) is 17.5 Å². The van der Waals surface area contributed by atoms with Gasteiger partial charge in [-0.2, -0.15) is 0 Å². The third-order valence-electron chi connectivity index (χ3n) is 2.40. The van der Waals surface area contributed by atoms with Crippen LogP contribution in [0.15, 0.2) is 30.3 Å². The molecule has 0 saturated carbocycles. The lowest BCUT2D eigenvalue weighted by Gasteiger charge is -2.05. The fraction of sp³-hybridized carbons (Fsp3) is 0.250. The number of nitrogens with two attached hydrogens (primary N) is 1. The fourth-order valence-corrected chi connectivity index (χ4v) is 1.65. The van der Waals surface area contributed by atoms with Gasteiger partial charge in [0.15, 0.2) is 0 Å². The maximum Gasteiger partial charge on any atom is 0.0705 e. The van der Waals surface area contributed by atoms with Gasteiger partial charge in [-0.05, 0) is 31.2 Å². The fourth-order valence-electron chi connectivity index (χ4n) is 1.65. The summed E-state index contributed by atoms with van der Waals surface area (Å²) < 4.78 is 0. The molecule has 1 aromatic carbocycles. The monoisotopic (exact) mass is 186 g/mol. The maximum absolute atomic E-state index is 5.53. The third-order valence-corrected chi connectivity index (χ3v) is 2.40. The Bertz CT molecular complexity index is 449. The molecule has 2 nitrogen and oxygen atoms in total. The van der Waals surface area contributed by atoms with Crippen LogP contribution in [0.4, 0.5) is 0 Å². The molecule has 0 aliphatic rings. The average Bonchev–Trinajstić information content (AvgIpc) is 2.19. The molecule has 2 rings (SSSR count). The molecule has 14 heavy (non-hydrogen) atoms. The molecule has 0 fully saturated rings. The highest BCUT2D eigenvalue weighted by Gasteiger charge is 2.01. The Morgan fingerprint density at radius 1 is 1.29 bits per heavy atom. The molecular weight excluding hydrogens is 172 g/mol. The number of aromatic nitrogens is 1. The van der Waals surface area contributed by atoms with E-state index >= 15 is 0 Å². The highest BCUT2D eigenvalue weighted by molar-refractivity contribution is 5.79. The number of aryl methyl sites for hydroxylation is 1. The smallest absolute Gasteiger partial charge is 0.0705 e. The van der Waals surface area contributed by atoms with Gasteiger partial charge in [0.25, 0.3) is 0 Å². The molecule has 0 saturated heterocycles. The molecule has 0 bridgehead atoms. The van der Waals surface area contributed by atoms with Gasteiger partial charge in [0.2, 0.25) is 0 Å². The lowest BCUT2D eigenvalue weighted by molar-refractivity contribution is 0.919. The van der Waals surface area contributed by atoms with Crippen LogP contribution in [-0.2, 0) is 6.42 Å². The molecule has 0 aliphatic heterocycles. The highest BCUT2D eigenvalue weighted by Crippen LogP contribution is 2.15. The molecule has 0 atom stereocenters. The summed E-state index contributed by atoms with van der Waals surface area (Å²) >= 11 is 0. The minimum absolute atomic E-state index is 0.659. The second-order valence-corrected chi connectivity index (χ2v) is 3.48. The number of nitrogens with zero attached hydrogens (tertiary/aromatic N) is 1. The molecule has 0 aliphatic carbocycles. The number of rotatable bonds is 2.